The lowest BCUT2D eigenvalue weighted by atomic mass is 10.2. The van der Waals surface area contributed by atoms with Crippen LogP contribution < -0.4 is 0 Å². The van der Waals surface area contributed by atoms with Crippen molar-refractivity contribution in [3.05, 3.63) is 35.9 Å². The number of rotatable bonds is 2. The molecule has 0 radical (unpaired) electrons. The van der Waals surface area contributed by atoms with Crippen molar-refractivity contribution in [3.63, 3.8) is 0 Å². The van der Waals surface area contributed by atoms with Gasteiger partial charge in [0.1, 0.15) is 0 Å². The summed E-state index contributed by atoms with van der Waals surface area (Å²) in [6, 6.07) is 8.40. The molecule has 4 heteroatoms. The fraction of sp³-hybridized carbons (Fsp3) is 0.143. The smallest absolute Gasteiger partial charge is 0.345 e. The van der Waals surface area contributed by atoms with Crippen LogP contribution >= 0.6 is 8.03 Å². The van der Waals surface area contributed by atoms with Crippen molar-refractivity contribution in [1.82, 2.24) is 0 Å². The van der Waals surface area contributed by atoms with Crippen LogP contribution in [0.25, 0.3) is 0 Å². The Morgan fingerprint density at radius 2 is 1.82 bits per heavy atom. The van der Waals surface area contributed by atoms with Crippen LogP contribution in [-0.2, 0) is 4.57 Å². The molecule has 0 amide bonds. The van der Waals surface area contributed by atoms with Crippen LogP contribution in [0.3, 0.4) is 0 Å². The lowest BCUT2D eigenvalue weighted by Gasteiger charge is -1.94. The van der Waals surface area contributed by atoms with Gasteiger partial charge in [-0.15, -0.1) is 0 Å². The van der Waals surface area contributed by atoms with Crippen LogP contribution in [0.15, 0.2) is 30.3 Å². The van der Waals surface area contributed by atoms with Crippen LogP contribution in [-0.4, -0.2) is 10.00 Å². The zero-order valence-electron chi connectivity index (χ0n) is 5.71. The molecule has 2 N–H and O–H groups in total. The molecule has 2 atom stereocenters. The number of hydrogen-bond acceptors (Lipinski definition) is 2. The van der Waals surface area contributed by atoms with Crippen LogP contribution in [0.2, 0.25) is 0 Å². The summed E-state index contributed by atoms with van der Waals surface area (Å²) < 4.78 is 10.4. The maximum atomic E-state index is 10.4. The van der Waals surface area contributed by atoms with Gasteiger partial charge >= 0.3 is 13.9 Å². The van der Waals surface area contributed by atoms with Crippen LogP contribution in [0, 0.1) is 0 Å². The molecule has 0 aliphatic carbocycles. The lowest BCUT2D eigenvalue weighted by Crippen LogP contribution is -1.89. The third kappa shape index (κ3) is 2.09. The van der Waals surface area contributed by atoms with Gasteiger partial charge in [-0.25, -0.2) is 0 Å². The molecule has 1 rings (SSSR count). The molecule has 2 unspecified atom stereocenters. The quantitative estimate of drug-likeness (QED) is 0.661. The fourth-order valence-corrected chi connectivity index (χ4v) is 1.18. The van der Waals surface area contributed by atoms with Crippen molar-refractivity contribution in [2.24, 2.45) is 0 Å². The lowest BCUT2D eigenvalue weighted by molar-refractivity contribution is 0.243. The minimum atomic E-state index is -2.53. The first-order valence-electron chi connectivity index (χ1n) is 3.10. The molecule has 11 heavy (non-hydrogen) atoms. The molecule has 0 heterocycles. The van der Waals surface area contributed by atoms with E-state index in [1.807, 2.05) is 0 Å². The van der Waals surface area contributed by atoms with Gasteiger partial charge in [-0.05, 0) is 4.57 Å². The Morgan fingerprint density at radius 1 is 1.27 bits per heavy atom. The average molecular weight is 171 g/mol. The Balaban J connectivity index is 2.85. The fourth-order valence-electron chi connectivity index (χ4n) is 0.753. The standard InChI is InChI=1S/C7H7O3P/c8-7(11(9)10)6-4-2-1-3-5-6/h1-5,7-8H/p+1. The number of benzene rings is 1. The molecule has 3 nitrogen and oxygen atoms in total. The van der Waals surface area contributed by atoms with Gasteiger partial charge in [-0.2, -0.15) is 4.89 Å². The highest BCUT2D eigenvalue weighted by atomic mass is 31.1. The predicted octanol–water partition coefficient (Wildman–Crippen LogP) is 1.41. The Kier molecular flexibility index (Phi) is 2.71. The summed E-state index contributed by atoms with van der Waals surface area (Å²) in [5.41, 5.74) is 0.469. The Morgan fingerprint density at radius 3 is 2.27 bits per heavy atom. The Hall–Kier alpha value is -0.760. The minimum absolute atomic E-state index is 0.469. The molecule has 0 bridgehead atoms. The van der Waals surface area contributed by atoms with Gasteiger partial charge in [0.25, 0.3) is 0 Å². The van der Waals surface area contributed by atoms with Crippen molar-refractivity contribution in [3.8, 4) is 0 Å². The largest absolute Gasteiger partial charge is 0.542 e. The van der Waals surface area contributed by atoms with Crippen molar-refractivity contribution in [2.75, 3.05) is 0 Å². The monoisotopic (exact) mass is 171 g/mol. The first kappa shape index (κ1) is 8.34. The van der Waals surface area contributed by atoms with Gasteiger partial charge in [0.05, 0.1) is 0 Å². The maximum absolute atomic E-state index is 10.4. The van der Waals surface area contributed by atoms with Crippen molar-refractivity contribution in [2.45, 2.75) is 5.85 Å². The summed E-state index contributed by atoms with van der Waals surface area (Å²) in [5.74, 6) is -1.26. The normalized spacial score (nSPS) is 14.2. The van der Waals surface area contributed by atoms with Crippen molar-refractivity contribution >= 4 is 8.03 Å². The topological polar surface area (TPSA) is 57.5 Å². The van der Waals surface area contributed by atoms with E-state index in [1.165, 1.54) is 0 Å². The summed E-state index contributed by atoms with van der Waals surface area (Å²) in [5, 5.41) is 9.06. The van der Waals surface area contributed by atoms with Crippen molar-refractivity contribution < 1.29 is 14.6 Å². The molecule has 0 spiro atoms. The van der Waals surface area contributed by atoms with E-state index in [2.05, 4.69) is 0 Å². The van der Waals surface area contributed by atoms with Crippen molar-refractivity contribution in [1.29, 1.82) is 0 Å². The number of hydrogen-bond donors (Lipinski definition) is 2. The minimum Gasteiger partial charge on any atom is -0.345 e. The van der Waals surface area contributed by atoms with E-state index in [4.69, 9.17) is 10.00 Å². The second kappa shape index (κ2) is 3.58. The molecule has 1 aromatic carbocycles. The molecule has 58 valence electrons. The maximum Gasteiger partial charge on any atom is 0.542 e. The Bertz CT molecular complexity index is 247. The number of aliphatic hydroxyl groups excluding tert-OH is 1. The molecule has 0 aliphatic rings. The van der Waals surface area contributed by atoms with Gasteiger partial charge < -0.3 is 5.11 Å². The van der Waals surface area contributed by atoms with Gasteiger partial charge in [0.2, 0.25) is 0 Å². The van der Waals surface area contributed by atoms with Crippen LogP contribution in [0.1, 0.15) is 11.4 Å². The molecule has 0 aliphatic heterocycles. The second-order valence-corrected chi connectivity index (χ2v) is 3.18. The molecule has 1 aromatic rings. The number of aliphatic hydroxyl groups is 1. The van der Waals surface area contributed by atoms with E-state index in [0.717, 1.165) is 0 Å². The van der Waals surface area contributed by atoms with E-state index in [-0.39, 0.29) is 0 Å². The zero-order valence-corrected chi connectivity index (χ0v) is 6.61. The molecule has 0 aromatic heterocycles. The van der Waals surface area contributed by atoms with Gasteiger partial charge in [-0.1, -0.05) is 30.3 Å². The molecule has 0 saturated carbocycles. The third-order valence-electron chi connectivity index (χ3n) is 1.31. The highest BCUT2D eigenvalue weighted by Crippen LogP contribution is 2.34. The average Bonchev–Trinajstić information content (AvgIpc) is 2.05. The van der Waals surface area contributed by atoms with E-state index >= 15 is 0 Å². The van der Waals surface area contributed by atoms with Crippen LogP contribution in [0.5, 0.6) is 0 Å². The molecule has 0 fully saturated rings. The van der Waals surface area contributed by atoms with Gasteiger partial charge in [-0.3, -0.25) is 0 Å². The van der Waals surface area contributed by atoms with E-state index in [1.54, 1.807) is 30.3 Å². The predicted molar refractivity (Wildman–Crippen MR) is 41.2 cm³/mol. The summed E-state index contributed by atoms with van der Waals surface area (Å²) in [7, 11) is -2.53. The molecular weight excluding hydrogens is 163 g/mol. The van der Waals surface area contributed by atoms with E-state index in [9.17, 15) is 4.57 Å². The second-order valence-electron chi connectivity index (χ2n) is 2.09. The SMILES string of the molecule is O=[P+](O)C(O)c1ccccc1. The molecular formula is C7H8O3P+. The summed E-state index contributed by atoms with van der Waals surface area (Å²) in [6.07, 6.45) is 0. The molecule has 0 saturated heterocycles. The van der Waals surface area contributed by atoms with Gasteiger partial charge in [0, 0.05) is 5.56 Å². The van der Waals surface area contributed by atoms with Crippen LogP contribution in [0.4, 0.5) is 0 Å². The van der Waals surface area contributed by atoms with E-state index < -0.39 is 13.9 Å². The third-order valence-corrected chi connectivity index (χ3v) is 2.02. The van der Waals surface area contributed by atoms with E-state index in [0.29, 0.717) is 5.56 Å². The Labute approximate surface area is 65.2 Å². The first-order valence-corrected chi connectivity index (χ1v) is 4.38. The summed E-state index contributed by atoms with van der Waals surface area (Å²) >= 11 is 0. The first-order chi connectivity index (χ1) is 5.22. The zero-order chi connectivity index (χ0) is 8.27. The summed E-state index contributed by atoms with van der Waals surface area (Å²) in [6.45, 7) is 0. The van der Waals surface area contributed by atoms with Gasteiger partial charge in [0.15, 0.2) is 0 Å². The highest BCUT2D eigenvalue weighted by molar-refractivity contribution is 7.38. The highest BCUT2D eigenvalue weighted by Gasteiger charge is 2.27. The summed E-state index contributed by atoms with van der Waals surface area (Å²) in [4.78, 5) is 8.53.